The molecular weight excluding hydrogens is 534 g/mol. The van der Waals surface area contributed by atoms with Crippen molar-refractivity contribution in [2.24, 2.45) is 0 Å². The molecule has 214 valence electrons. The molecule has 0 saturated heterocycles. The smallest absolute Gasteiger partial charge is 0.326 e. The summed E-state index contributed by atoms with van der Waals surface area (Å²) >= 11 is 1.79. The molecule has 0 saturated carbocycles. The van der Waals surface area contributed by atoms with E-state index in [1.54, 1.807) is 17.8 Å². The Morgan fingerprint density at radius 3 is 2.41 bits per heavy atom. The summed E-state index contributed by atoms with van der Waals surface area (Å²) in [6, 6.07) is 26.5. The van der Waals surface area contributed by atoms with Gasteiger partial charge in [0.2, 0.25) is 0 Å². The zero-order valence-electron chi connectivity index (χ0n) is 23.8. The van der Waals surface area contributed by atoms with E-state index < -0.39 is 17.9 Å². The van der Waals surface area contributed by atoms with E-state index >= 15 is 0 Å². The molecule has 3 aromatic carbocycles. The van der Waals surface area contributed by atoms with Crippen LogP contribution in [0, 0.1) is 6.92 Å². The average molecular weight is 572 g/mol. The lowest BCUT2D eigenvalue weighted by atomic mass is 9.93. The Morgan fingerprint density at radius 2 is 1.71 bits per heavy atom. The minimum absolute atomic E-state index is 0.243. The van der Waals surface area contributed by atoms with Gasteiger partial charge >= 0.3 is 5.97 Å². The fourth-order valence-electron chi connectivity index (χ4n) is 4.68. The van der Waals surface area contributed by atoms with E-state index in [-0.39, 0.29) is 6.10 Å². The van der Waals surface area contributed by atoms with E-state index in [2.05, 4.69) is 12.2 Å². The lowest BCUT2D eigenvalue weighted by Crippen LogP contribution is -2.40. The van der Waals surface area contributed by atoms with Gasteiger partial charge in [0.1, 0.15) is 23.7 Å². The van der Waals surface area contributed by atoms with Gasteiger partial charge in [-0.25, -0.2) is 4.79 Å². The maximum atomic E-state index is 13.3. The van der Waals surface area contributed by atoms with Gasteiger partial charge in [-0.3, -0.25) is 4.79 Å². The van der Waals surface area contributed by atoms with Crippen molar-refractivity contribution in [2.75, 3.05) is 11.5 Å². The Morgan fingerprint density at radius 1 is 0.951 bits per heavy atom. The van der Waals surface area contributed by atoms with Crippen molar-refractivity contribution in [3.8, 4) is 22.5 Å². The number of benzene rings is 3. The standard InChI is InChI=1S/C34H37NO5S/c1-4-11-29(34(37)38)35-33(36)27-17-16-24(20-28(27)26-15-10-9-12-23(26)3)21-39-32(22-41-5-2)31-19-18-30(40-31)25-13-7-6-8-14-25/h6-10,12-20,29,32H,4-5,11,21-22H2,1-3H3,(H,35,36)(H,37,38)/t29-,32-/m0/s1. The third-order valence-corrected chi connectivity index (χ3v) is 7.82. The molecule has 7 heteroatoms. The first kappa shape index (κ1) is 30.2. The fraction of sp³-hybridized carbons (Fsp3) is 0.294. The third kappa shape index (κ3) is 7.90. The molecule has 41 heavy (non-hydrogen) atoms. The van der Waals surface area contributed by atoms with Crippen molar-refractivity contribution in [2.45, 2.75) is 52.4 Å². The van der Waals surface area contributed by atoms with Crippen molar-refractivity contribution in [3.05, 3.63) is 107 Å². The maximum Gasteiger partial charge on any atom is 0.326 e. The van der Waals surface area contributed by atoms with Gasteiger partial charge in [0.15, 0.2) is 0 Å². The Labute approximate surface area is 246 Å². The Balaban J connectivity index is 1.60. The molecule has 6 nitrogen and oxygen atoms in total. The van der Waals surface area contributed by atoms with E-state index in [9.17, 15) is 14.7 Å². The molecule has 2 N–H and O–H groups in total. The highest BCUT2D eigenvalue weighted by Crippen LogP contribution is 2.32. The van der Waals surface area contributed by atoms with Crippen molar-refractivity contribution in [1.29, 1.82) is 0 Å². The first-order valence-electron chi connectivity index (χ1n) is 14.0. The van der Waals surface area contributed by atoms with Crippen molar-refractivity contribution in [1.82, 2.24) is 5.32 Å². The summed E-state index contributed by atoms with van der Waals surface area (Å²) in [5.41, 5.74) is 5.03. The zero-order chi connectivity index (χ0) is 29.2. The van der Waals surface area contributed by atoms with Crippen molar-refractivity contribution in [3.63, 3.8) is 0 Å². The fourth-order valence-corrected chi connectivity index (χ4v) is 5.39. The van der Waals surface area contributed by atoms with Crippen LogP contribution in [0.5, 0.6) is 0 Å². The van der Waals surface area contributed by atoms with Crippen LogP contribution in [0.4, 0.5) is 0 Å². The topological polar surface area (TPSA) is 88.8 Å². The summed E-state index contributed by atoms with van der Waals surface area (Å²) in [7, 11) is 0. The van der Waals surface area contributed by atoms with E-state index in [4.69, 9.17) is 9.15 Å². The Hall–Kier alpha value is -3.81. The molecule has 0 bridgehead atoms. The van der Waals surface area contributed by atoms with E-state index in [0.29, 0.717) is 25.0 Å². The van der Waals surface area contributed by atoms with E-state index in [1.165, 1.54) is 0 Å². The van der Waals surface area contributed by atoms with Crippen LogP contribution in [0.3, 0.4) is 0 Å². The number of hydrogen-bond acceptors (Lipinski definition) is 5. The second-order valence-corrected chi connectivity index (χ2v) is 11.2. The summed E-state index contributed by atoms with van der Waals surface area (Å²) in [6.45, 7) is 6.33. The van der Waals surface area contributed by atoms with Gasteiger partial charge < -0.3 is 19.6 Å². The van der Waals surface area contributed by atoms with Crippen molar-refractivity contribution >= 4 is 23.6 Å². The number of thioether (sulfide) groups is 1. The number of carboxylic acids is 1. The summed E-state index contributed by atoms with van der Waals surface area (Å²) in [4.78, 5) is 25.0. The predicted octanol–water partition coefficient (Wildman–Crippen LogP) is 7.92. The van der Waals surface area contributed by atoms with Gasteiger partial charge in [-0.05, 0) is 65.6 Å². The van der Waals surface area contributed by atoms with E-state index in [1.807, 2.05) is 92.7 Å². The zero-order valence-corrected chi connectivity index (χ0v) is 24.6. The van der Waals surface area contributed by atoms with Gasteiger partial charge in [0.25, 0.3) is 5.91 Å². The van der Waals surface area contributed by atoms with Gasteiger partial charge in [0, 0.05) is 16.9 Å². The molecule has 0 aliphatic heterocycles. The number of hydrogen-bond donors (Lipinski definition) is 2. The van der Waals surface area contributed by atoms with Crippen LogP contribution in [0.15, 0.2) is 89.3 Å². The molecule has 1 heterocycles. The molecule has 2 atom stereocenters. The molecule has 4 rings (SSSR count). The molecule has 0 spiro atoms. The number of aliphatic carboxylic acids is 1. The minimum atomic E-state index is -1.04. The van der Waals surface area contributed by atoms with Gasteiger partial charge in [-0.2, -0.15) is 11.8 Å². The monoisotopic (exact) mass is 571 g/mol. The lowest BCUT2D eigenvalue weighted by molar-refractivity contribution is -0.139. The largest absolute Gasteiger partial charge is 0.480 e. The molecule has 0 aliphatic carbocycles. The number of carboxylic acid groups (broad SMARTS) is 1. The number of nitrogens with one attached hydrogen (secondary N) is 1. The first-order valence-corrected chi connectivity index (χ1v) is 15.1. The Kier molecular flexibility index (Phi) is 10.8. The minimum Gasteiger partial charge on any atom is -0.480 e. The number of ether oxygens (including phenoxy) is 1. The summed E-state index contributed by atoms with van der Waals surface area (Å²) in [5.74, 6) is 1.84. The first-order chi connectivity index (χ1) is 19.9. The number of furan rings is 1. The second-order valence-electron chi connectivity index (χ2n) is 9.87. The van der Waals surface area contributed by atoms with Crippen LogP contribution in [0.1, 0.15) is 60.0 Å². The second kappa shape index (κ2) is 14.7. The van der Waals surface area contributed by atoms with Crippen molar-refractivity contribution < 1.29 is 23.8 Å². The maximum absolute atomic E-state index is 13.3. The number of aryl methyl sites for hydroxylation is 1. The number of rotatable bonds is 14. The summed E-state index contributed by atoms with van der Waals surface area (Å²) < 4.78 is 12.6. The quantitative estimate of drug-likeness (QED) is 0.160. The average Bonchev–Trinajstić information content (AvgIpc) is 3.48. The van der Waals surface area contributed by atoms with Crippen LogP contribution in [-0.2, 0) is 16.1 Å². The Bertz CT molecular complexity index is 1450. The molecule has 1 aromatic heterocycles. The highest BCUT2D eigenvalue weighted by molar-refractivity contribution is 7.99. The highest BCUT2D eigenvalue weighted by Gasteiger charge is 2.23. The van der Waals surface area contributed by atoms with E-state index in [0.717, 1.165) is 50.8 Å². The van der Waals surface area contributed by atoms with Gasteiger partial charge in [-0.15, -0.1) is 0 Å². The highest BCUT2D eigenvalue weighted by atomic mass is 32.2. The summed E-state index contributed by atoms with van der Waals surface area (Å²) in [6.07, 6.45) is 0.772. The van der Waals surface area contributed by atoms with Gasteiger partial charge in [-0.1, -0.05) is 80.9 Å². The number of carbonyl (C=O) groups excluding carboxylic acids is 1. The molecule has 0 unspecified atom stereocenters. The predicted molar refractivity (Wildman–Crippen MR) is 165 cm³/mol. The van der Waals surface area contributed by atoms with Crippen LogP contribution in [0.2, 0.25) is 0 Å². The summed E-state index contributed by atoms with van der Waals surface area (Å²) in [5, 5.41) is 12.3. The SMILES string of the molecule is CCC[C@H](NC(=O)c1ccc(CO[C@@H](CSCC)c2ccc(-c3ccccc3)o2)cc1-c1ccccc1C)C(=O)O. The van der Waals surface area contributed by atoms with Gasteiger partial charge in [0.05, 0.1) is 6.61 Å². The lowest BCUT2D eigenvalue weighted by Gasteiger charge is -2.19. The number of amides is 1. The molecular formula is C34H37NO5S. The third-order valence-electron chi connectivity index (χ3n) is 6.87. The van der Waals surface area contributed by atoms with Crippen LogP contribution < -0.4 is 5.32 Å². The molecule has 0 aliphatic rings. The van der Waals surface area contributed by atoms with Crippen LogP contribution in [-0.4, -0.2) is 34.5 Å². The molecule has 0 radical (unpaired) electrons. The molecule has 4 aromatic rings. The number of carbonyl (C=O) groups is 2. The van der Waals surface area contributed by atoms with Crippen LogP contribution >= 0.6 is 11.8 Å². The normalized spacial score (nSPS) is 12.6. The molecule has 1 amide bonds. The van der Waals surface area contributed by atoms with Crippen LogP contribution in [0.25, 0.3) is 22.5 Å². The molecule has 0 fully saturated rings.